The zero-order valence-electron chi connectivity index (χ0n) is 12.0. The summed E-state index contributed by atoms with van der Waals surface area (Å²) in [6, 6.07) is 6.46. The van der Waals surface area contributed by atoms with Crippen molar-refractivity contribution in [3.63, 3.8) is 0 Å². The van der Waals surface area contributed by atoms with E-state index in [0.717, 1.165) is 44.8 Å². The van der Waals surface area contributed by atoms with Crippen LogP contribution in [-0.4, -0.2) is 42.2 Å². The van der Waals surface area contributed by atoms with E-state index in [1.54, 1.807) is 0 Å². The van der Waals surface area contributed by atoms with Crippen LogP contribution < -0.4 is 10.5 Å². The molecule has 5 heteroatoms. The van der Waals surface area contributed by atoms with E-state index in [1.165, 1.54) is 11.1 Å². The van der Waals surface area contributed by atoms with Gasteiger partial charge < -0.3 is 20.6 Å². The number of nitrogens with two attached hydrogens (primary N) is 1. The predicted molar refractivity (Wildman–Crippen MR) is 79.5 cm³/mol. The molecular formula is C15H23N3O2. The summed E-state index contributed by atoms with van der Waals surface area (Å²) in [7, 11) is 0. The second kappa shape index (κ2) is 7.14. The first-order valence-electron chi connectivity index (χ1n) is 7.16. The number of fused-ring (bicyclic) bond motifs is 1. The van der Waals surface area contributed by atoms with Crippen LogP contribution in [0.3, 0.4) is 0 Å². The smallest absolute Gasteiger partial charge is 0.140 e. The third-order valence-electron chi connectivity index (χ3n) is 3.73. The van der Waals surface area contributed by atoms with Crippen molar-refractivity contribution in [1.82, 2.24) is 4.90 Å². The van der Waals surface area contributed by atoms with Gasteiger partial charge >= 0.3 is 0 Å². The lowest BCUT2D eigenvalue weighted by molar-refractivity contribution is 0.292. The van der Waals surface area contributed by atoms with Crippen molar-refractivity contribution >= 4 is 5.84 Å². The average molecular weight is 277 g/mol. The van der Waals surface area contributed by atoms with E-state index in [0.29, 0.717) is 6.42 Å². The molecule has 0 bridgehead atoms. The second-order valence-corrected chi connectivity index (χ2v) is 5.07. The number of hydrogen-bond donors (Lipinski definition) is 2. The summed E-state index contributed by atoms with van der Waals surface area (Å²) in [5.74, 6) is 1.33. The van der Waals surface area contributed by atoms with E-state index in [4.69, 9.17) is 15.7 Å². The molecule has 0 spiro atoms. The van der Waals surface area contributed by atoms with Crippen LogP contribution in [0.15, 0.2) is 23.4 Å². The fourth-order valence-electron chi connectivity index (χ4n) is 2.43. The molecule has 20 heavy (non-hydrogen) atoms. The predicted octanol–water partition coefficient (Wildman–Crippen LogP) is 1.62. The number of amidine groups is 1. The maximum atomic E-state index is 8.55. The van der Waals surface area contributed by atoms with E-state index < -0.39 is 0 Å². The molecule has 1 aromatic carbocycles. The zero-order chi connectivity index (χ0) is 14.4. The molecule has 2 rings (SSSR count). The van der Waals surface area contributed by atoms with Gasteiger partial charge in [-0.3, -0.25) is 0 Å². The molecule has 0 radical (unpaired) electrons. The Labute approximate surface area is 120 Å². The highest BCUT2D eigenvalue weighted by atomic mass is 16.5. The molecular weight excluding hydrogens is 254 g/mol. The lowest BCUT2D eigenvalue weighted by Gasteiger charge is -2.20. The summed E-state index contributed by atoms with van der Waals surface area (Å²) >= 11 is 0. The van der Waals surface area contributed by atoms with Crippen molar-refractivity contribution in [2.75, 3.05) is 26.2 Å². The SMILES string of the molecule is CCN(CCC(N)=NO)CCc1ccc2c(c1)CCO2. The maximum absolute atomic E-state index is 8.55. The molecule has 0 amide bonds. The van der Waals surface area contributed by atoms with Gasteiger partial charge in [-0.25, -0.2) is 0 Å². The minimum absolute atomic E-state index is 0.290. The molecule has 0 saturated carbocycles. The Morgan fingerprint density at radius 1 is 1.45 bits per heavy atom. The summed E-state index contributed by atoms with van der Waals surface area (Å²) in [5, 5.41) is 11.6. The number of nitrogens with zero attached hydrogens (tertiary/aromatic N) is 2. The van der Waals surface area contributed by atoms with Gasteiger partial charge in [-0.2, -0.15) is 0 Å². The van der Waals surface area contributed by atoms with Crippen LogP contribution in [0.4, 0.5) is 0 Å². The van der Waals surface area contributed by atoms with Gasteiger partial charge in [-0.15, -0.1) is 0 Å². The molecule has 0 fully saturated rings. The molecule has 5 nitrogen and oxygen atoms in total. The van der Waals surface area contributed by atoms with E-state index in [-0.39, 0.29) is 5.84 Å². The lowest BCUT2D eigenvalue weighted by Crippen LogP contribution is -2.30. The van der Waals surface area contributed by atoms with Gasteiger partial charge in [0.15, 0.2) is 0 Å². The normalized spacial score (nSPS) is 14.4. The Kier molecular flexibility index (Phi) is 5.24. The molecule has 3 N–H and O–H groups in total. The molecule has 1 aliphatic rings. The first-order valence-corrected chi connectivity index (χ1v) is 7.16. The highest BCUT2D eigenvalue weighted by molar-refractivity contribution is 5.79. The summed E-state index contributed by atoms with van der Waals surface area (Å²) < 4.78 is 5.52. The van der Waals surface area contributed by atoms with Crippen LogP contribution >= 0.6 is 0 Å². The van der Waals surface area contributed by atoms with Crippen LogP contribution in [0.5, 0.6) is 5.75 Å². The van der Waals surface area contributed by atoms with Crippen LogP contribution in [-0.2, 0) is 12.8 Å². The Morgan fingerprint density at radius 3 is 3.05 bits per heavy atom. The van der Waals surface area contributed by atoms with E-state index in [1.807, 2.05) is 0 Å². The molecule has 0 aromatic heterocycles. The standard InChI is InChI=1S/C15H23N3O2/c1-2-18(9-6-15(16)17-19)8-5-12-3-4-14-13(11-12)7-10-20-14/h3-4,11,19H,2,5-10H2,1H3,(H2,16,17). The number of ether oxygens (including phenoxy) is 1. The van der Waals surface area contributed by atoms with Crippen molar-refractivity contribution in [2.24, 2.45) is 10.9 Å². The quantitative estimate of drug-likeness (QED) is 0.344. The molecule has 0 unspecified atom stereocenters. The molecule has 1 heterocycles. The minimum Gasteiger partial charge on any atom is -0.493 e. The monoisotopic (exact) mass is 277 g/mol. The van der Waals surface area contributed by atoms with E-state index >= 15 is 0 Å². The van der Waals surface area contributed by atoms with Crippen molar-refractivity contribution in [3.05, 3.63) is 29.3 Å². The van der Waals surface area contributed by atoms with Crippen molar-refractivity contribution < 1.29 is 9.94 Å². The summed E-state index contributed by atoms with van der Waals surface area (Å²) in [4.78, 5) is 2.31. The van der Waals surface area contributed by atoms with Crippen LogP contribution in [0.2, 0.25) is 0 Å². The molecule has 0 aliphatic carbocycles. The number of rotatable bonds is 7. The topological polar surface area (TPSA) is 71.1 Å². The lowest BCUT2D eigenvalue weighted by atomic mass is 10.1. The van der Waals surface area contributed by atoms with Crippen molar-refractivity contribution in [3.8, 4) is 5.75 Å². The first kappa shape index (κ1) is 14.7. The molecule has 110 valence electrons. The number of oxime groups is 1. The number of likely N-dealkylation sites (N-methyl/N-ethyl adjacent to an activating group) is 1. The molecule has 1 aromatic rings. The maximum Gasteiger partial charge on any atom is 0.140 e. The number of benzene rings is 1. The van der Waals surface area contributed by atoms with Gasteiger partial charge in [0.1, 0.15) is 11.6 Å². The van der Waals surface area contributed by atoms with Crippen molar-refractivity contribution in [1.29, 1.82) is 0 Å². The average Bonchev–Trinajstić information content (AvgIpc) is 2.94. The van der Waals surface area contributed by atoms with Gasteiger partial charge in [0.25, 0.3) is 0 Å². The number of hydrogen-bond acceptors (Lipinski definition) is 4. The summed E-state index contributed by atoms with van der Waals surface area (Å²) in [6.45, 7) is 5.70. The molecule has 1 aliphatic heterocycles. The first-order chi connectivity index (χ1) is 9.72. The van der Waals surface area contributed by atoms with Crippen LogP contribution in [0, 0.1) is 0 Å². The highest BCUT2D eigenvalue weighted by Crippen LogP contribution is 2.26. The Hall–Kier alpha value is -1.75. The summed E-state index contributed by atoms with van der Waals surface area (Å²) in [6.07, 6.45) is 2.63. The Bertz CT molecular complexity index is 474. The van der Waals surface area contributed by atoms with Crippen molar-refractivity contribution in [2.45, 2.75) is 26.2 Å². The van der Waals surface area contributed by atoms with Gasteiger partial charge in [-0.1, -0.05) is 24.2 Å². The fraction of sp³-hybridized carbons (Fsp3) is 0.533. The van der Waals surface area contributed by atoms with E-state index in [2.05, 4.69) is 35.2 Å². The zero-order valence-corrected chi connectivity index (χ0v) is 12.0. The third kappa shape index (κ3) is 3.87. The molecule has 0 saturated heterocycles. The minimum atomic E-state index is 0.290. The van der Waals surface area contributed by atoms with Gasteiger partial charge in [0.05, 0.1) is 6.61 Å². The van der Waals surface area contributed by atoms with Gasteiger partial charge in [0.2, 0.25) is 0 Å². The summed E-state index contributed by atoms with van der Waals surface area (Å²) in [5.41, 5.74) is 8.17. The second-order valence-electron chi connectivity index (χ2n) is 5.07. The highest BCUT2D eigenvalue weighted by Gasteiger charge is 2.12. The fourth-order valence-corrected chi connectivity index (χ4v) is 2.43. The van der Waals surface area contributed by atoms with Crippen LogP contribution in [0.25, 0.3) is 0 Å². The van der Waals surface area contributed by atoms with Gasteiger partial charge in [-0.05, 0) is 30.2 Å². The third-order valence-corrected chi connectivity index (χ3v) is 3.73. The Morgan fingerprint density at radius 2 is 2.30 bits per heavy atom. The van der Waals surface area contributed by atoms with Crippen LogP contribution in [0.1, 0.15) is 24.5 Å². The Balaban J connectivity index is 1.83. The molecule has 0 atom stereocenters. The van der Waals surface area contributed by atoms with E-state index in [9.17, 15) is 0 Å². The largest absolute Gasteiger partial charge is 0.493 e. The van der Waals surface area contributed by atoms with Gasteiger partial charge in [0, 0.05) is 25.9 Å².